The van der Waals surface area contributed by atoms with Crippen LogP contribution in [0.4, 0.5) is 0 Å². The van der Waals surface area contributed by atoms with Gasteiger partial charge in [-0.05, 0) is 47.7 Å². The fourth-order valence-corrected chi connectivity index (χ4v) is 5.11. The van der Waals surface area contributed by atoms with Crippen LogP contribution >= 0.6 is 23.2 Å². The molecule has 1 saturated carbocycles. The van der Waals surface area contributed by atoms with Crippen LogP contribution in [0.5, 0.6) is 0 Å². The standard InChI is InChI=1S/C30H32Cl2N2O2/c31-25-17-15-23(16-18-25)20-29(35)34(21-24-11-7-8-14-27(24)32)28(19-22-9-3-1-4-10-22)30(36)33-26-12-5-2-6-13-26/h1,3-4,7-11,14-18,26,28H,2,5-6,12-13,19-21H2,(H,33,36). The number of carbonyl (C=O) groups excluding carboxylic acids is 2. The number of benzene rings is 3. The molecule has 4 rings (SSSR count). The second-order valence-corrected chi connectivity index (χ2v) is 10.3. The molecule has 3 aromatic rings. The predicted octanol–water partition coefficient (Wildman–Crippen LogP) is 6.62. The summed E-state index contributed by atoms with van der Waals surface area (Å²) < 4.78 is 0. The number of amides is 2. The minimum Gasteiger partial charge on any atom is -0.352 e. The van der Waals surface area contributed by atoms with Crippen LogP contribution < -0.4 is 5.32 Å². The molecular formula is C30H32Cl2N2O2. The van der Waals surface area contributed by atoms with Crippen LogP contribution in [-0.2, 0) is 29.0 Å². The van der Waals surface area contributed by atoms with E-state index in [9.17, 15) is 9.59 Å². The van der Waals surface area contributed by atoms with Crippen LogP contribution in [0, 0.1) is 0 Å². The normalized spacial score (nSPS) is 14.7. The summed E-state index contributed by atoms with van der Waals surface area (Å²) in [5, 5.41) is 4.46. The quantitative estimate of drug-likeness (QED) is 0.343. The van der Waals surface area contributed by atoms with Gasteiger partial charge in [0.1, 0.15) is 6.04 Å². The highest BCUT2D eigenvalue weighted by Crippen LogP contribution is 2.23. The number of nitrogens with one attached hydrogen (secondary N) is 1. The van der Waals surface area contributed by atoms with Crippen LogP contribution in [0.1, 0.15) is 48.8 Å². The second kappa shape index (κ2) is 12.9. The molecule has 1 aliphatic carbocycles. The summed E-state index contributed by atoms with van der Waals surface area (Å²) in [7, 11) is 0. The summed E-state index contributed by atoms with van der Waals surface area (Å²) in [6.45, 7) is 0.252. The molecule has 2 amide bonds. The Kier molecular flexibility index (Phi) is 9.43. The molecule has 0 aliphatic heterocycles. The number of rotatable bonds is 9. The van der Waals surface area contributed by atoms with Crippen molar-refractivity contribution in [1.29, 1.82) is 0 Å². The Morgan fingerprint density at radius 3 is 2.19 bits per heavy atom. The number of halogens is 2. The average Bonchev–Trinajstić information content (AvgIpc) is 2.89. The Labute approximate surface area is 223 Å². The molecule has 0 radical (unpaired) electrons. The molecule has 4 nitrogen and oxygen atoms in total. The van der Waals surface area contributed by atoms with Gasteiger partial charge in [-0.25, -0.2) is 0 Å². The van der Waals surface area contributed by atoms with Crippen molar-refractivity contribution in [2.24, 2.45) is 0 Å². The number of hydrogen-bond acceptors (Lipinski definition) is 2. The topological polar surface area (TPSA) is 49.4 Å². The molecule has 1 atom stereocenters. The maximum Gasteiger partial charge on any atom is 0.243 e. The fourth-order valence-electron chi connectivity index (χ4n) is 4.79. The van der Waals surface area contributed by atoms with Gasteiger partial charge in [0, 0.05) is 29.1 Å². The second-order valence-electron chi connectivity index (χ2n) is 9.47. The Morgan fingerprint density at radius 1 is 0.833 bits per heavy atom. The smallest absolute Gasteiger partial charge is 0.243 e. The molecule has 1 N–H and O–H groups in total. The number of nitrogens with zero attached hydrogens (tertiary/aromatic N) is 1. The van der Waals surface area contributed by atoms with Gasteiger partial charge < -0.3 is 10.2 Å². The highest BCUT2D eigenvalue weighted by Gasteiger charge is 2.32. The zero-order valence-corrected chi connectivity index (χ0v) is 21.8. The van der Waals surface area contributed by atoms with E-state index in [0.29, 0.717) is 16.5 Å². The van der Waals surface area contributed by atoms with E-state index in [-0.39, 0.29) is 30.8 Å². The molecule has 1 aliphatic rings. The minimum atomic E-state index is -0.662. The van der Waals surface area contributed by atoms with Crippen molar-refractivity contribution >= 4 is 35.0 Å². The Hall–Kier alpha value is -2.82. The van der Waals surface area contributed by atoms with Gasteiger partial charge >= 0.3 is 0 Å². The Balaban J connectivity index is 1.65. The van der Waals surface area contributed by atoms with Crippen LogP contribution in [0.25, 0.3) is 0 Å². The minimum absolute atomic E-state index is 0.109. The summed E-state index contributed by atoms with van der Waals surface area (Å²) in [5.74, 6) is -0.237. The van der Waals surface area contributed by atoms with Gasteiger partial charge in [0.05, 0.1) is 6.42 Å². The van der Waals surface area contributed by atoms with Crippen molar-refractivity contribution in [3.8, 4) is 0 Å². The summed E-state index contributed by atoms with van der Waals surface area (Å²) in [5.41, 5.74) is 2.66. The molecule has 0 saturated heterocycles. The summed E-state index contributed by atoms with van der Waals surface area (Å²) >= 11 is 12.5. The lowest BCUT2D eigenvalue weighted by Gasteiger charge is -2.33. The first kappa shape index (κ1) is 26.2. The third kappa shape index (κ3) is 7.35. The SMILES string of the molecule is O=C(NC1CCCCC1)C(Cc1ccccc1)N(Cc1ccccc1Cl)C(=O)Cc1ccc(Cl)cc1. The van der Waals surface area contributed by atoms with Gasteiger partial charge in [-0.1, -0.05) is 103 Å². The van der Waals surface area contributed by atoms with E-state index >= 15 is 0 Å². The van der Waals surface area contributed by atoms with E-state index in [2.05, 4.69) is 5.32 Å². The molecule has 3 aromatic carbocycles. The van der Waals surface area contributed by atoms with Gasteiger partial charge in [-0.2, -0.15) is 0 Å². The molecule has 0 bridgehead atoms. The fraction of sp³-hybridized carbons (Fsp3) is 0.333. The average molecular weight is 524 g/mol. The summed E-state index contributed by atoms with van der Waals surface area (Å²) in [6, 6.07) is 24.1. The third-order valence-electron chi connectivity index (χ3n) is 6.79. The van der Waals surface area contributed by atoms with E-state index in [1.165, 1.54) is 6.42 Å². The van der Waals surface area contributed by atoms with Crippen molar-refractivity contribution < 1.29 is 9.59 Å². The van der Waals surface area contributed by atoms with Crippen molar-refractivity contribution in [3.63, 3.8) is 0 Å². The van der Waals surface area contributed by atoms with Crippen LogP contribution in [0.15, 0.2) is 78.9 Å². The first-order chi connectivity index (χ1) is 17.5. The molecule has 1 unspecified atom stereocenters. The van der Waals surface area contributed by atoms with Gasteiger partial charge in [0.25, 0.3) is 0 Å². The lowest BCUT2D eigenvalue weighted by Crippen LogP contribution is -2.53. The van der Waals surface area contributed by atoms with Crippen molar-refractivity contribution in [3.05, 3.63) is 106 Å². The number of carbonyl (C=O) groups is 2. The molecular weight excluding hydrogens is 491 g/mol. The zero-order valence-electron chi connectivity index (χ0n) is 20.3. The van der Waals surface area contributed by atoms with Gasteiger partial charge in [0.15, 0.2) is 0 Å². The maximum atomic E-state index is 13.8. The Morgan fingerprint density at radius 2 is 1.50 bits per heavy atom. The zero-order chi connectivity index (χ0) is 25.3. The van der Waals surface area contributed by atoms with E-state index in [1.807, 2.05) is 66.7 Å². The first-order valence-corrected chi connectivity index (χ1v) is 13.4. The largest absolute Gasteiger partial charge is 0.352 e. The van der Waals surface area contributed by atoms with Crippen molar-refractivity contribution in [1.82, 2.24) is 10.2 Å². The number of hydrogen-bond donors (Lipinski definition) is 1. The molecule has 0 aromatic heterocycles. The molecule has 0 spiro atoms. The van der Waals surface area contributed by atoms with E-state index in [0.717, 1.165) is 42.4 Å². The van der Waals surface area contributed by atoms with Gasteiger partial charge in [-0.3, -0.25) is 9.59 Å². The van der Waals surface area contributed by atoms with Gasteiger partial charge in [-0.15, -0.1) is 0 Å². The van der Waals surface area contributed by atoms with Crippen LogP contribution in [0.2, 0.25) is 10.0 Å². The van der Waals surface area contributed by atoms with Crippen molar-refractivity contribution in [2.75, 3.05) is 0 Å². The summed E-state index contributed by atoms with van der Waals surface area (Å²) in [4.78, 5) is 29.3. The first-order valence-electron chi connectivity index (χ1n) is 12.6. The molecule has 6 heteroatoms. The highest BCUT2D eigenvalue weighted by molar-refractivity contribution is 6.31. The van der Waals surface area contributed by atoms with Crippen molar-refractivity contribution in [2.45, 2.75) is 63.6 Å². The molecule has 188 valence electrons. The lowest BCUT2D eigenvalue weighted by atomic mass is 9.94. The molecule has 1 fully saturated rings. The monoisotopic (exact) mass is 522 g/mol. The summed E-state index contributed by atoms with van der Waals surface area (Å²) in [6.07, 6.45) is 6.00. The van der Waals surface area contributed by atoms with Crippen LogP contribution in [0.3, 0.4) is 0 Å². The highest BCUT2D eigenvalue weighted by atomic mass is 35.5. The van der Waals surface area contributed by atoms with E-state index in [4.69, 9.17) is 23.2 Å². The lowest BCUT2D eigenvalue weighted by molar-refractivity contribution is -0.141. The third-order valence-corrected chi connectivity index (χ3v) is 7.41. The Bertz CT molecular complexity index is 1150. The van der Waals surface area contributed by atoms with E-state index < -0.39 is 6.04 Å². The molecule has 0 heterocycles. The predicted molar refractivity (Wildman–Crippen MR) is 146 cm³/mol. The maximum absolute atomic E-state index is 13.8. The van der Waals surface area contributed by atoms with E-state index in [1.54, 1.807) is 17.0 Å². The molecule has 36 heavy (non-hydrogen) atoms. The van der Waals surface area contributed by atoms with Gasteiger partial charge in [0.2, 0.25) is 11.8 Å². The van der Waals surface area contributed by atoms with Crippen LogP contribution in [-0.4, -0.2) is 28.8 Å².